The van der Waals surface area contributed by atoms with Gasteiger partial charge in [-0.1, -0.05) is 46.3 Å². The molecule has 118 valence electrons. The summed E-state index contributed by atoms with van der Waals surface area (Å²) in [5.41, 5.74) is 0.734. The molecule has 0 radical (unpaired) electrons. The molecule has 2 rings (SSSR count). The van der Waals surface area contributed by atoms with Crippen molar-refractivity contribution in [3.8, 4) is 0 Å². The largest absolute Gasteiger partial charge is 0.370 e. The van der Waals surface area contributed by atoms with Crippen molar-refractivity contribution >= 4 is 28.1 Å². The highest BCUT2D eigenvalue weighted by Crippen LogP contribution is 2.42. The molecule has 1 saturated carbocycles. The summed E-state index contributed by atoms with van der Waals surface area (Å²) in [4.78, 5) is 8.16. The fourth-order valence-electron chi connectivity index (χ4n) is 3.19. The molecule has 0 aromatic carbocycles. The number of halogens is 1. The molecule has 1 fully saturated rings. The SMILES string of the molecule is COC1(c2nc(=S)c(Br)c(C(C)(C)C)[nH]2)CCCC(C)C1. The van der Waals surface area contributed by atoms with Gasteiger partial charge in [-0.05, 0) is 41.1 Å². The van der Waals surface area contributed by atoms with Crippen LogP contribution in [0.3, 0.4) is 0 Å². The molecule has 1 aromatic heterocycles. The van der Waals surface area contributed by atoms with Crippen molar-refractivity contribution in [2.45, 2.75) is 64.4 Å². The molecule has 21 heavy (non-hydrogen) atoms. The first-order valence-electron chi connectivity index (χ1n) is 7.55. The molecule has 5 heteroatoms. The highest BCUT2D eigenvalue weighted by molar-refractivity contribution is 9.10. The summed E-state index contributed by atoms with van der Waals surface area (Å²) in [6, 6.07) is 0. The Bertz CT molecular complexity index is 579. The monoisotopic (exact) mass is 372 g/mol. The summed E-state index contributed by atoms with van der Waals surface area (Å²) in [7, 11) is 1.79. The third kappa shape index (κ3) is 3.40. The van der Waals surface area contributed by atoms with Crippen LogP contribution in [0.1, 0.15) is 64.9 Å². The number of hydrogen-bond acceptors (Lipinski definition) is 3. The van der Waals surface area contributed by atoms with E-state index < -0.39 is 0 Å². The first-order valence-corrected chi connectivity index (χ1v) is 8.75. The Morgan fingerprint density at radius 2 is 2.10 bits per heavy atom. The van der Waals surface area contributed by atoms with Crippen LogP contribution >= 0.6 is 28.1 Å². The zero-order valence-corrected chi connectivity index (χ0v) is 15.9. The first kappa shape index (κ1) is 17.1. The van der Waals surface area contributed by atoms with Gasteiger partial charge in [-0.3, -0.25) is 0 Å². The van der Waals surface area contributed by atoms with Crippen molar-refractivity contribution in [2.24, 2.45) is 5.92 Å². The number of aromatic amines is 1. The van der Waals surface area contributed by atoms with Gasteiger partial charge in [0.15, 0.2) is 0 Å². The number of aromatic nitrogens is 2. The van der Waals surface area contributed by atoms with E-state index in [9.17, 15) is 0 Å². The molecule has 0 saturated heterocycles. The second-order valence-corrected chi connectivity index (χ2v) is 8.41. The number of H-pyrrole nitrogens is 1. The van der Waals surface area contributed by atoms with Gasteiger partial charge in [-0.25, -0.2) is 4.98 Å². The minimum absolute atomic E-state index is 0.0285. The van der Waals surface area contributed by atoms with E-state index in [0.29, 0.717) is 10.6 Å². The van der Waals surface area contributed by atoms with Crippen LogP contribution < -0.4 is 0 Å². The minimum Gasteiger partial charge on any atom is -0.370 e. The third-order valence-electron chi connectivity index (χ3n) is 4.39. The average molecular weight is 373 g/mol. The lowest BCUT2D eigenvalue weighted by molar-refractivity contribution is -0.0649. The number of methoxy groups -OCH3 is 1. The summed E-state index contributed by atoms with van der Waals surface area (Å²) >= 11 is 9.05. The van der Waals surface area contributed by atoms with Gasteiger partial charge in [0, 0.05) is 18.2 Å². The molecule has 1 aliphatic carbocycles. The fourth-order valence-corrected chi connectivity index (χ4v) is 4.17. The van der Waals surface area contributed by atoms with Gasteiger partial charge in [-0.2, -0.15) is 0 Å². The Morgan fingerprint density at radius 3 is 2.62 bits per heavy atom. The van der Waals surface area contributed by atoms with Gasteiger partial charge >= 0.3 is 0 Å². The van der Waals surface area contributed by atoms with E-state index in [1.54, 1.807) is 7.11 Å². The topological polar surface area (TPSA) is 37.9 Å². The lowest BCUT2D eigenvalue weighted by Crippen LogP contribution is -2.37. The Balaban J connectivity index is 2.58. The Labute approximate surface area is 141 Å². The first-order chi connectivity index (χ1) is 9.69. The summed E-state index contributed by atoms with van der Waals surface area (Å²) in [6.07, 6.45) is 4.41. The van der Waals surface area contributed by atoms with E-state index in [4.69, 9.17) is 17.0 Å². The predicted octanol–water partition coefficient (Wildman–Crippen LogP) is 5.25. The second-order valence-electron chi connectivity index (χ2n) is 7.23. The van der Waals surface area contributed by atoms with Crippen molar-refractivity contribution in [1.29, 1.82) is 0 Å². The normalized spacial score (nSPS) is 26.9. The predicted molar refractivity (Wildman–Crippen MR) is 92.1 cm³/mol. The van der Waals surface area contributed by atoms with E-state index in [1.165, 1.54) is 6.42 Å². The van der Waals surface area contributed by atoms with E-state index in [2.05, 4.69) is 53.6 Å². The van der Waals surface area contributed by atoms with Gasteiger partial charge in [0.1, 0.15) is 16.1 Å². The molecule has 0 spiro atoms. The molecule has 1 heterocycles. The van der Waals surface area contributed by atoms with Gasteiger partial charge in [0.25, 0.3) is 0 Å². The lowest BCUT2D eigenvalue weighted by atomic mass is 9.78. The van der Waals surface area contributed by atoms with Gasteiger partial charge in [0.05, 0.1) is 4.47 Å². The maximum Gasteiger partial charge on any atom is 0.144 e. The van der Waals surface area contributed by atoms with Crippen LogP contribution in [0, 0.1) is 10.6 Å². The summed E-state index contributed by atoms with van der Waals surface area (Å²) < 4.78 is 7.45. The molecule has 0 amide bonds. The van der Waals surface area contributed by atoms with E-state index in [-0.39, 0.29) is 11.0 Å². The summed E-state index contributed by atoms with van der Waals surface area (Å²) in [5, 5.41) is 0. The lowest BCUT2D eigenvalue weighted by Gasteiger charge is -2.38. The zero-order chi connectivity index (χ0) is 15.8. The summed E-state index contributed by atoms with van der Waals surface area (Å²) in [6.45, 7) is 8.80. The number of rotatable bonds is 2. The Kier molecular flexibility index (Phi) is 4.96. The van der Waals surface area contributed by atoms with Crippen molar-refractivity contribution in [3.63, 3.8) is 0 Å². The maximum atomic E-state index is 5.94. The van der Waals surface area contributed by atoms with E-state index in [0.717, 1.165) is 35.3 Å². The van der Waals surface area contributed by atoms with Crippen LogP contribution in [-0.4, -0.2) is 17.1 Å². The van der Waals surface area contributed by atoms with Gasteiger partial charge < -0.3 is 9.72 Å². The standard InChI is InChI=1S/C16H25BrN2OS/c1-10-7-6-8-16(9-10,20-5)14-18-12(15(2,3)4)11(17)13(21)19-14/h10H,6-9H2,1-5H3,(H,18,19,21). The number of nitrogens with one attached hydrogen (secondary N) is 1. The Hall–Kier alpha value is -0.260. The molecule has 0 aliphatic heterocycles. The van der Waals surface area contributed by atoms with Crippen LogP contribution in [0.2, 0.25) is 0 Å². The maximum absolute atomic E-state index is 5.94. The van der Waals surface area contributed by atoms with Gasteiger partial charge in [-0.15, -0.1) is 0 Å². The molecular formula is C16H25BrN2OS. The smallest absolute Gasteiger partial charge is 0.144 e. The van der Waals surface area contributed by atoms with Crippen molar-refractivity contribution in [2.75, 3.05) is 7.11 Å². The second kappa shape index (κ2) is 6.09. The molecule has 3 nitrogen and oxygen atoms in total. The number of nitrogens with zero attached hydrogens (tertiary/aromatic N) is 1. The average Bonchev–Trinajstić information content (AvgIpc) is 2.40. The number of hydrogen-bond donors (Lipinski definition) is 1. The van der Waals surface area contributed by atoms with Crippen LogP contribution in [0.5, 0.6) is 0 Å². The molecule has 1 N–H and O–H groups in total. The molecule has 1 aromatic rings. The van der Waals surface area contributed by atoms with Crippen molar-refractivity contribution in [3.05, 3.63) is 20.6 Å². The quantitative estimate of drug-likeness (QED) is 0.720. The molecular weight excluding hydrogens is 348 g/mol. The third-order valence-corrected chi connectivity index (χ3v) is 5.72. The molecule has 1 aliphatic rings. The Morgan fingerprint density at radius 1 is 1.43 bits per heavy atom. The van der Waals surface area contributed by atoms with Crippen LogP contribution in [0.15, 0.2) is 4.47 Å². The molecule has 0 bridgehead atoms. The van der Waals surface area contributed by atoms with Gasteiger partial charge in [0.2, 0.25) is 0 Å². The highest BCUT2D eigenvalue weighted by Gasteiger charge is 2.39. The summed E-state index contributed by atoms with van der Waals surface area (Å²) in [5.74, 6) is 1.53. The van der Waals surface area contributed by atoms with E-state index >= 15 is 0 Å². The van der Waals surface area contributed by atoms with Crippen LogP contribution in [0.25, 0.3) is 0 Å². The minimum atomic E-state index is -0.327. The van der Waals surface area contributed by atoms with Crippen molar-refractivity contribution < 1.29 is 4.74 Å². The zero-order valence-electron chi connectivity index (χ0n) is 13.5. The van der Waals surface area contributed by atoms with Crippen LogP contribution in [-0.2, 0) is 15.8 Å². The van der Waals surface area contributed by atoms with E-state index in [1.807, 2.05) is 0 Å². The highest BCUT2D eigenvalue weighted by atomic mass is 79.9. The fraction of sp³-hybridized carbons (Fsp3) is 0.750. The molecule has 2 atom stereocenters. The van der Waals surface area contributed by atoms with Crippen LogP contribution in [0.4, 0.5) is 0 Å². The van der Waals surface area contributed by atoms with Crippen molar-refractivity contribution in [1.82, 2.24) is 9.97 Å². The molecule has 2 unspecified atom stereocenters. The number of ether oxygens (including phenoxy) is 1.